The van der Waals surface area contributed by atoms with E-state index in [0.717, 1.165) is 27.9 Å². The Morgan fingerprint density at radius 3 is 2.32 bits per heavy atom. The lowest BCUT2D eigenvalue weighted by Crippen LogP contribution is -2.68. The molecule has 2 heterocycles. The van der Waals surface area contributed by atoms with Gasteiger partial charge in [0.1, 0.15) is 16.9 Å². The number of nitrogens with one attached hydrogen (secondary N) is 3. The summed E-state index contributed by atoms with van der Waals surface area (Å²) in [6.45, 7) is 11.7. The van der Waals surface area contributed by atoms with E-state index >= 15 is 0 Å². The molecule has 268 valence electrons. The largest absolute Gasteiger partial charge is 0.444 e. The number of carbonyl (C=O) groups excluding carboxylic acids is 2. The molecule has 3 fully saturated rings. The molecular weight excluding hydrogens is 639 g/mol. The zero-order valence-corrected chi connectivity index (χ0v) is 30.2. The number of nitrogen functional groups attached to an aromatic ring is 1. The van der Waals surface area contributed by atoms with Crippen molar-refractivity contribution in [2.75, 3.05) is 31.3 Å². The Kier molecular flexibility index (Phi) is 8.57. The summed E-state index contributed by atoms with van der Waals surface area (Å²) in [4.78, 5) is 30.9. The van der Waals surface area contributed by atoms with E-state index < -0.39 is 29.1 Å². The summed E-state index contributed by atoms with van der Waals surface area (Å²) in [7, 11) is 3.87. The van der Waals surface area contributed by atoms with Crippen LogP contribution in [0.5, 0.6) is 0 Å². The number of alkyl halides is 1. The van der Waals surface area contributed by atoms with Gasteiger partial charge >= 0.3 is 12.2 Å². The first-order valence-electron chi connectivity index (χ1n) is 16.9. The minimum absolute atomic E-state index is 0.0907. The second-order valence-corrected chi connectivity index (χ2v) is 16.3. The molecular formula is C37H49FN8O4. The highest BCUT2D eigenvalue weighted by Gasteiger charge is 2.69. The molecule has 2 bridgehead atoms. The topological polar surface area (TPSA) is 141 Å². The summed E-state index contributed by atoms with van der Waals surface area (Å²) in [5.41, 5.74) is 15.5. The van der Waals surface area contributed by atoms with Crippen molar-refractivity contribution in [3.63, 3.8) is 0 Å². The first-order chi connectivity index (χ1) is 23.3. The fraction of sp³-hybridized carbons (Fsp3) is 0.486. The molecule has 12 nitrogen and oxygen atoms in total. The number of hydrogen-bond acceptors (Lipinski definition) is 10. The highest BCUT2D eigenvalue weighted by molar-refractivity contribution is 5.94. The number of ether oxygens (including phenoxy) is 2. The lowest BCUT2D eigenvalue weighted by molar-refractivity contribution is -0.220. The number of nitrogens with zero attached hydrogens (tertiary/aromatic N) is 4. The van der Waals surface area contributed by atoms with Crippen LogP contribution >= 0.6 is 0 Å². The molecule has 1 aliphatic heterocycles. The van der Waals surface area contributed by atoms with Crippen LogP contribution in [-0.4, -0.2) is 70.4 Å². The van der Waals surface area contributed by atoms with Gasteiger partial charge in [-0.1, -0.05) is 12.1 Å². The molecule has 3 aromatic rings. The monoisotopic (exact) mass is 688 g/mol. The van der Waals surface area contributed by atoms with Crippen molar-refractivity contribution < 1.29 is 23.5 Å². The molecule has 0 unspecified atom stereocenters. The van der Waals surface area contributed by atoms with Gasteiger partial charge in [0.05, 0.1) is 24.3 Å². The number of rotatable bonds is 9. The maximum Gasteiger partial charge on any atom is 0.419 e. The van der Waals surface area contributed by atoms with Crippen molar-refractivity contribution in [1.29, 1.82) is 5.41 Å². The van der Waals surface area contributed by atoms with E-state index in [0.29, 0.717) is 54.8 Å². The van der Waals surface area contributed by atoms with Gasteiger partial charge in [-0.25, -0.2) is 18.5 Å². The molecule has 0 atom stereocenters. The lowest BCUT2D eigenvalue weighted by Gasteiger charge is -2.66. The molecule has 0 spiro atoms. The lowest BCUT2D eigenvalue weighted by atomic mass is 9.42. The van der Waals surface area contributed by atoms with Crippen LogP contribution in [0.4, 0.5) is 25.4 Å². The van der Waals surface area contributed by atoms with Crippen molar-refractivity contribution in [1.82, 2.24) is 25.4 Å². The third-order valence-corrected chi connectivity index (χ3v) is 9.25. The Morgan fingerprint density at radius 2 is 1.72 bits per heavy atom. The normalized spacial score (nSPS) is 21.1. The van der Waals surface area contributed by atoms with Crippen molar-refractivity contribution in [2.45, 2.75) is 90.8 Å². The summed E-state index contributed by atoms with van der Waals surface area (Å²) in [5, 5.41) is 10.6. The van der Waals surface area contributed by atoms with E-state index in [2.05, 4.69) is 11.0 Å². The van der Waals surface area contributed by atoms with Crippen molar-refractivity contribution >= 4 is 46.4 Å². The van der Waals surface area contributed by atoms with Crippen molar-refractivity contribution in [3.8, 4) is 0 Å². The third-order valence-electron chi connectivity index (χ3n) is 9.25. The van der Waals surface area contributed by atoms with E-state index in [9.17, 15) is 14.0 Å². The second kappa shape index (κ2) is 12.2. The smallest absolute Gasteiger partial charge is 0.419 e. The minimum atomic E-state index is -1.11. The van der Waals surface area contributed by atoms with E-state index in [1.807, 2.05) is 108 Å². The number of hydrogen-bond donors (Lipinski definition) is 4. The van der Waals surface area contributed by atoms with E-state index in [1.54, 1.807) is 4.90 Å². The van der Waals surface area contributed by atoms with Gasteiger partial charge in [-0.2, -0.15) is 0 Å². The van der Waals surface area contributed by atoms with Crippen LogP contribution in [0.2, 0.25) is 0 Å². The molecule has 0 radical (unpaired) electrons. The molecule has 1 aromatic heterocycles. The molecule has 4 aliphatic rings. The van der Waals surface area contributed by atoms with Crippen LogP contribution < -0.4 is 21.6 Å². The molecule has 3 saturated carbocycles. The summed E-state index contributed by atoms with van der Waals surface area (Å²) < 4.78 is 27.7. The number of hydrazine groups is 2. The summed E-state index contributed by atoms with van der Waals surface area (Å²) in [6, 6.07) is 11.6. The van der Waals surface area contributed by atoms with Gasteiger partial charge in [0.25, 0.3) is 0 Å². The van der Waals surface area contributed by atoms with Gasteiger partial charge in [0.15, 0.2) is 0 Å². The predicted octanol–water partition coefficient (Wildman–Crippen LogP) is 6.52. The molecule has 50 heavy (non-hydrogen) atoms. The first-order valence-corrected chi connectivity index (χ1v) is 16.9. The number of carbonyl (C=O) groups is 2. The average Bonchev–Trinajstić information content (AvgIpc) is 3.57. The summed E-state index contributed by atoms with van der Waals surface area (Å²) in [6.07, 6.45) is 3.41. The maximum absolute atomic E-state index is 14.5. The number of anilines is 2. The molecule has 0 saturated heterocycles. The first kappa shape index (κ1) is 35.1. The molecule has 5 N–H and O–H groups in total. The number of aromatic nitrogens is 1. The zero-order chi connectivity index (χ0) is 36.4. The van der Waals surface area contributed by atoms with Gasteiger partial charge in [0.2, 0.25) is 0 Å². The van der Waals surface area contributed by atoms with Crippen LogP contribution in [0.1, 0.15) is 83.2 Å². The number of nitrogens with two attached hydrogens (primary N) is 1. The van der Waals surface area contributed by atoms with Gasteiger partial charge < -0.3 is 35.8 Å². The molecule has 7 rings (SSSR count). The number of halogens is 1. The zero-order valence-electron chi connectivity index (χ0n) is 30.2. The quantitative estimate of drug-likeness (QED) is 0.146. The van der Waals surface area contributed by atoms with Crippen LogP contribution in [0.25, 0.3) is 16.6 Å². The number of benzene rings is 2. The molecule has 2 aromatic carbocycles. The molecule has 3 aliphatic carbocycles. The SMILES string of the molecule is CN(C)c1cc(N)c(C=N)c(C2=CN(Cc3ccc4cc(CN(CC56CC(F)(C5)C6)C(=O)OC(C)(C)C)n(C(=O)OC(C)(C)C)c4c3)NN2)c1. The molecule has 1 amide bonds. The predicted molar refractivity (Wildman–Crippen MR) is 193 cm³/mol. The van der Waals surface area contributed by atoms with E-state index in [-0.39, 0.29) is 12.0 Å². The Hall–Kier alpha value is -4.78. The highest BCUT2D eigenvalue weighted by Crippen LogP contribution is 2.69. The number of amides is 1. The summed E-state index contributed by atoms with van der Waals surface area (Å²) >= 11 is 0. The van der Waals surface area contributed by atoms with Gasteiger partial charge in [-0.3, -0.25) is 5.01 Å². The van der Waals surface area contributed by atoms with Crippen molar-refractivity contribution in [3.05, 3.63) is 65.0 Å². The fourth-order valence-corrected chi connectivity index (χ4v) is 7.26. The Morgan fingerprint density at radius 1 is 1.04 bits per heavy atom. The third kappa shape index (κ3) is 7.09. The van der Waals surface area contributed by atoms with Crippen LogP contribution in [0.15, 0.2) is 42.6 Å². The van der Waals surface area contributed by atoms with Gasteiger partial charge in [-0.15, -0.1) is 5.53 Å². The van der Waals surface area contributed by atoms with Crippen LogP contribution in [-0.2, 0) is 22.6 Å². The Balaban J connectivity index is 1.31. The second-order valence-electron chi connectivity index (χ2n) is 16.3. The van der Waals surface area contributed by atoms with Gasteiger partial charge in [-0.05, 0) is 96.0 Å². The molecule has 13 heteroatoms. The van der Waals surface area contributed by atoms with E-state index in [4.69, 9.17) is 20.6 Å². The summed E-state index contributed by atoms with van der Waals surface area (Å²) in [5.74, 6) is 0. The maximum atomic E-state index is 14.5. The Bertz CT molecular complexity index is 1870. The van der Waals surface area contributed by atoms with Crippen LogP contribution in [0.3, 0.4) is 0 Å². The van der Waals surface area contributed by atoms with Gasteiger partial charge in [0, 0.05) is 66.6 Å². The Labute approximate surface area is 292 Å². The van der Waals surface area contributed by atoms with Crippen molar-refractivity contribution in [2.24, 2.45) is 5.41 Å². The van der Waals surface area contributed by atoms with Crippen LogP contribution in [0, 0.1) is 10.8 Å². The fourth-order valence-electron chi connectivity index (χ4n) is 7.26. The standard InChI is InChI=1S/C37H49FN8O4/c1-34(2,3)49-32(47)44(22-36-19-37(38,20-36)21-36)17-26-12-24-10-9-23(11-31(24)46(26)33(48)50-35(4,5)6)16-45-18-30(41-42-45)27-13-25(43(7)8)14-29(40)28(27)15-39/h9-15,18,39,41-42H,16-17,19-22,40H2,1-8H3. The number of fused-ring (bicyclic) bond motifs is 1. The average molecular weight is 689 g/mol. The highest BCUT2D eigenvalue weighted by atomic mass is 19.1. The minimum Gasteiger partial charge on any atom is -0.444 e. The van der Waals surface area contributed by atoms with E-state index in [1.165, 1.54) is 10.8 Å².